The first-order valence-electron chi connectivity index (χ1n) is 8.74. The van der Waals surface area contributed by atoms with Gasteiger partial charge in [-0.1, -0.05) is 19.4 Å². The lowest BCUT2D eigenvalue weighted by Crippen LogP contribution is -2.35. The lowest BCUT2D eigenvalue weighted by atomic mass is 10.0. The van der Waals surface area contributed by atoms with E-state index in [2.05, 4.69) is 4.98 Å². The van der Waals surface area contributed by atoms with E-state index in [1.54, 1.807) is 13.1 Å². The van der Waals surface area contributed by atoms with Crippen molar-refractivity contribution in [2.45, 2.75) is 59.1 Å². The maximum absolute atomic E-state index is 12.1. The van der Waals surface area contributed by atoms with Gasteiger partial charge in [0.1, 0.15) is 5.60 Å². The summed E-state index contributed by atoms with van der Waals surface area (Å²) in [6.45, 7) is 8.72. The zero-order valence-corrected chi connectivity index (χ0v) is 15.7. The average Bonchev–Trinajstić information content (AvgIpc) is 2.50. The molecule has 6 nitrogen and oxygen atoms in total. The molecule has 6 heteroatoms. The van der Waals surface area contributed by atoms with Crippen molar-refractivity contribution in [3.05, 3.63) is 30.1 Å². The highest BCUT2D eigenvalue weighted by atomic mass is 16.6. The van der Waals surface area contributed by atoms with Crippen molar-refractivity contribution in [1.82, 2.24) is 9.88 Å². The Morgan fingerprint density at radius 3 is 2.56 bits per heavy atom. The molecule has 1 aromatic heterocycles. The number of carboxylic acid groups (broad SMARTS) is 1. The molecule has 1 heterocycles. The Balaban J connectivity index is 2.55. The first-order valence-corrected chi connectivity index (χ1v) is 8.74. The monoisotopic (exact) mass is 350 g/mol. The van der Waals surface area contributed by atoms with Gasteiger partial charge in [-0.2, -0.15) is 0 Å². The predicted octanol–water partition coefficient (Wildman–Crippen LogP) is 3.12. The summed E-state index contributed by atoms with van der Waals surface area (Å²) in [5.41, 5.74) is 0.384. The minimum Gasteiger partial charge on any atom is -0.481 e. The quantitative estimate of drug-likeness (QED) is 0.516. The summed E-state index contributed by atoms with van der Waals surface area (Å²) in [4.78, 5) is 29.3. The molecule has 0 aromatic carbocycles. The minimum absolute atomic E-state index is 0.197. The van der Waals surface area contributed by atoms with Gasteiger partial charge in [0, 0.05) is 12.7 Å². The normalized spacial score (nSPS) is 12.8. The fourth-order valence-corrected chi connectivity index (χ4v) is 2.40. The summed E-state index contributed by atoms with van der Waals surface area (Å²) in [7, 11) is 0. The number of aliphatic carboxylic acids is 1. The number of pyridine rings is 1. The van der Waals surface area contributed by atoms with Crippen molar-refractivity contribution in [2.24, 2.45) is 5.92 Å². The van der Waals surface area contributed by atoms with E-state index in [9.17, 15) is 9.59 Å². The number of carbonyl (C=O) groups excluding carboxylic acids is 1. The van der Waals surface area contributed by atoms with Crippen molar-refractivity contribution in [2.75, 3.05) is 13.1 Å². The van der Waals surface area contributed by atoms with Crippen LogP contribution < -0.4 is 0 Å². The summed E-state index contributed by atoms with van der Waals surface area (Å²) < 4.78 is 5.40. The van der Waals surface area contributed by atoms with Crippen molar-refractivity contribution in [3.63, 3.8) is 0 Å². The second-order valence-electron chi connectivity index (χ2n) is 7.35. The highest BCUT2D eigenvalue weighted by Gasteiger charge is 2.19. The number of esters is 1. The predicted molar refractivity (Wildman–Crippen MR) is 96.0 cm³/mol. The molecule has 140 valence electrons. The first kappa shape index (κ1) is 21.1. The number of hydrogen-bond donors (Lipinski definition) is 1. The van der Waals surface area contributed by atoms with Gasteiger partial charge in [0.15, 0.2) is 0 Å². The van der Waals surface area contributed by atoms with Crippen LogP contribution in [0.5, 0.6) is 0 Å². The first-order chi connectivity index (χ1) is 11.7. The number of unbranched alkanes of at least 4 members (excludes halogenated alkanes) is 1. The Hall–Kier alpha value is -1.95. The topological polar surface area (TPSA) is 79.7 Å². The van der Waals surface area contributed by atoms with E-state index in [0.29, 0.717) is 19.5 Å². The smallest absolute Gasteiger partial charge is 0.320 e. The van der Waals surface area contributed by atoms with Gasteiger partial charge in [-0.3, -0.25) is 19.5 Å². The van der Waals surface area contributed by atoms with Crippen LogP contribution in [-0.4, -0.2) is 45.6 Å². The van der Waals surface area contributed by atoms with Gasteiger partial charge in [-0.25, -0.2) is 0 Å². The number of rotatable bonds is 10. The van der Waals surface area contributed by atoms with E-state index < -0.39 is 11.6 Å². The van der Waals surface area contributed by atoms with Crippen LogP contribution in [0.15, 0.2) is 24.4 Å². The van der Waals surface area contributed by atoms with Crippen LogP contribution in [0.3, 0.4) is 0 Å². The maximum atomic E-state index is 12.1. The van der Waals surface area contributed by atoms with Gasteiger partial charge >= 0.3 is 11.9 Å². The molecular weight excluding hydrogens is 320 g/mol. The van der Waals surface area contributed by atoms with Gasteiger partial charge in [0.2, 0.25) is 0 Å². The Bertz CT molecular complexity index is 540. The van der Waals surface area contributed by atoms with Crippen LogP contribution in [0.1, 0.15) is 52.7 Å². The van der Waals surface area contributed by atoms with Crippen LogP contribution in [-0.2, 0) is 20.9 Å². The van der Waals surface area contributed by atoms with Crippen molar-refractivity contribution in [3.8, 4) is 0 Å². The molecule has 0 saturated carbocycles. The highest BCUT2D eigenvalue weighted by molar-refractivity contribution is 5.72. The van der Waals surface area contributed by atoms with E-state index in [1.165, 1.54) is 0 Å². The van der Waals surface area contributed by atoms with Gasteiger partial charge in [-0.05, 0) is 52.3 Å². The zero-order chi connectivity index (χ0) is 18.9. The summed E-state index contributed by atoms with van der Waals surface area (Å²) in [5, 5.41) is 8.93. The molecular formula is C19H30N2O4. The van der Waals surface area contributed by atoms with E-state index in [-0.39, 0.29) is 18.4 Å². The lowest BCUT2D eigenvalue weighted by molar-refractivity contribution is -0.156. The molecule has 0 bridgehead atoms. The second-order valence-corrected chi connectivity index (χ2v) is 7.35. The van der Waals surface area contributed by atoms with Crippen LogP contribution in [0.2, 0.25) is 0 Å². The van der Waals surface area contributed by atoms with E-state index in [0.717, 1.165) is 18.5 Å². The fraction of sp³-hybridized carbons (Fsp3) is 0.632. The van der Waals surface area contributed by atoms with Gasteiger partial charge in [0.05, 0.1) is 18.2 Å². The molecule has 0 amide bonds. The molecule has 0 aliphatic carbocycles. The third-order valence-electron chi connectivity index (χ3n) is 3.67. The number of hydrogen-bond acceptors (Lipinski definition) is 5. The van der Waals surface area contributed by atoms with Crippen molar-refractivity contribution >= 4 is 11.9 Å². The Labute approximate surface area is 150 Å². The molecule has 0 fully saturated rings. The van der Waals surface area contributed by atoms with Gasteiger partial charge < -0.3 is 9.84 Å². The highest BCUT2D eigenvalue weighted by Crippen LogP contribution is 2.12. The molecule has 0 unspecified atom stereocenters. The molecule has 25 heavy (non-hydrogen) atoms. The Morgan fingerprint density at radius 2 is 2.00 bits per heavy atom. The van der Waals surface area contributed by atoms with E-state index >= 15 is 0 Å². The fourth-order valence-electron chi connectivity index (χ4n) is 2.40. The Kier molecular flexibility index (Phi) is 8.55. The van der Waals surface area contributed by atoms with Crippen LogP contribution in [0, 0.1) is 5.92 Å². The average molecular weight is 350 g/mol. The molecule has 0 aliphatic heterocycles. The molecule has 0 spiro atoms. The van der Waals surface area contributed by atoms with E-state index in [4.69, 9.17) is 9.84 Å². The molecule has 0 saturated heterocycles. The summed E-state index contributed by atoms with van der Waals surface area (Å²) in [5.74, 6) is -1.36. The van der Waals surface area contributed by atoms with Crippen molar-refractivity contribution < 1.29 is 19.4 Å². The number of aromatic nitrogens is 1. The Morgan fingerprint density at radius 1 is 1.28 bits per heavy atom. The van der Waals surface area contributed by atoms with Gasteiger partial charge in [-0.15, -0.1) is 0 Å². The van der Waals surface area contributed by atoms with Crippen LogP contribution in [0.25, 0.3) is 0 Å². The van der Waals surface area contributed by atoms with Crippen LogP contribution >= 0.6 is 0 Å². The third kappa shape index (κ3) is 9.82. The largest absolute Gasteiger partial charge is 0.481 e. The number of nitrogens with zero attached hydrogens (tertiary/aromatic N) is 2. The summed E-state index contributed by atoms with van der Waals surface area (Å²) in [6, 6.07) is 5.70. The lowest BCUT2D eigenvalue weighted by Gasteiger charge is -2.25. The van der Waals surface area contributed by atoms with E-state index in [1.807, 2.05) is 43.9 Å². The standard InChI is InChI=1S/C19H30N2O4/c1-15(18(23)24)9-6-8-12-21(13-16-10-5-7-11-20-16)14-17(22)25-19(2,3)4/h5,7,10-11,15H,6,8-9,12-14H2,1-4H3,(H,23,24)/t15-/m0/s1. The van der Waals surface area contributed by atoms with Crippen LogP contribution in [0.4, 0.5) is 0 Å². The minimum atomic E-state index is -0.765. The molecule has 0 radical (unpaired) electrons. The molecule has 0 aliphatic rings. The molecule has 1 aromatic rings. The number of ether oxygens (including phenoxy) is 1. The SMILES string of the molecule is C[C@@H](CCCCN(CC(=O)OC(C)(C)C)Cc1ccccn1)C(=O)O. The molecule has 1 N–H and O–H groups in total. The number of carbonyl (C=O) groups is 2. The molecule has 1 atom stereocenters. The summed E-state index contributed by atoms with van der Waals surface area (Å²) >= 11 is 0. The summed E-state index contributed by atoms with van der Waals surface area (Å²) in [6.07, 6.45) is 4.00. The second kappa shape index (κ2) is 10.1. The van der Waals surface area contributed by atoms with Gasteiger partial charge in [0.25, 0.3) is 0 Å². The third-order valence-corrected chi connectivity index (χ3v) is 3.67. The number of carboxylic acids is 1. The molecule has 1 rings (SSSR count). The maximum Gasteiger partial charge on any atom is 0.320 e. The van der Waals surface area contributed by atoms with Crippen molar-refractivity contribution in [1.29, 1.82) is 0 Å². The zero-order valence-electron chi connectivity index (χ0n) is 15.7.